The van der Waals surface area contributed by atoms with Crippen molar-refractivity contribution < 1.29 is 24.5 Å². The van der Waals surface area contributed by atoms with Crippen LogP contribution in [-0.2, 0) is 14.3 Å². The number of hydrogen-bond donors (Lipinski definition) is 2. The molecule has 1 aliphatic heterocycles. The van der Waals surface area contributed by atoms with Crippen molar-refractivity contribution in [2.24, 2.45) is 0 Å². The summed E-state index contributed by atoms with van der Waals surface area (Å²) >= 11 is 0. The lowest BCUT2D eigenvalue weighted by Gasteiger charge is -2.32. The normalized spacial score (nSPS) is 22.1. The first-order valence-corrected chi connectivity index (χ1v) is 5.40. The summed E-state index contributed by atoms with van der Waals surface area (Å²) in [5, 5.41) is 17.8. The number of amides is 1. The maximum atomic E-state index is 12.0. The van der Waals surface area contributed by atoms with Crippen LogP contribution in [0, 0.1) is 0 Å². The zero-order chi connectivity index (χ0) is 13.0. The fourth-order valence-corrected chi connectivity index (χ4v) is 1.57. The van der Waals surface area contributed by atoms with Gasteiger partial charge in [-0.2, -0.15) is 0 Å². The molecule has 0 aromatic carbocycles. The van der Waals surface area contributed by atoms with Gasteiger partial charge in [-0.3, -0.25) is 4.79 Å². The van der Waals surface area contributed by atoms with Crippen LogP contribution in [0.15, 0.2) is 11.1 Å². The summed E-state index contributed by atoms with van der Waals surface area (Å²) in [5.74, 6) is -1.41. The number of carboxylic acid groups (broad SMARTS) is 1. The van der Waals surface area contributed by atoms with E-state index in [0.717, 1.165) is 0 Å². The van der Waals surface area contributed by atoms with Crippen LogP contribution in [0.3, 0.4) is 0 Å². The van der Waals surface area contributed by atoms with Gasteiger partial charge in [0.1, 0.15) is 0 Å². The lowest BCUT2D eigenvalue weighted by Crippen LogP contribution is -2.47. The molecule has 6 nitrogen and oxygen atoms in total. The molecule has 1 amide bonds. The van der Waals surface area contributed by atoms with E-state index in [-0.39, 0.29) is 29.8 Å². The molecule has 1 aliphatic rings. The molecule has 0 aliphatic carbocycles. The number of hydrogen-bond acceptors (Lipinski definition) is 4. The van der Waals surface area contributed by atoms with Gasteiger partial charge in [0.05, 0.1) is 19.3 Å². The molecule has 1 atom stereocenters. The molecule has 0 spiro atoms. The van der Waals surface area contributed by atoms with Crippen LogP contribution < -0.4 is 0 Å². The van der Waals surface area contributed by atoms with E-state index in [1.54, 1.807) is 0 Å². The molecule has 1 rings (SSSR count). The van der Waals surface area contributed by atoms with E-state index < -0.39 is 5.97 Å². The molecule has 2 N–H and O–H groups in total. The van der Waals surface area contributed by atoms with Gasteiger partial charge in [0.15, 0.2) is 0 Å². The lowest BCUT2D eigenvalue weighted by molar-refractivity contribution is -0.137. The first-order chi connectivity index (χ1) is 7.97. The Balaban J connectivity index is 2.76. The van der Waals surface area contributed by atoms with Crippen molar-refractivity contribution >= 4 is 11.9 Å². The third-order valence-electron chi connectivity index (χ3n) is 2.83. The van der Waals surface area contributed by atoms with E-state index in [0.29, 0.717) is 19.7 Å². The minimum Gasteiger partial charge on any atom is -0.478 e. The Morgan fingerprint density at radius 3 is 2.53 bits per heavy atom. The Labute approximate surface area is 99.5 Å². The molecule has 1 saturated heterocycles. The largest absolute Gasteiger partial charge is 0.478 e. The smallest absolute Gasteiger partial charge is 0.331 e. The van der Waals surface area contributed by atoms with E-state index in [2.05, 4.69) is 0 Å². The number of carbonyl (C=O) groups is 2. The third-order valence-corrected chi connectivity index (χ3v) is 2.83. The molecule has 0 radical (unpaired) electrons. The zero-order valence-electron chi connectivity index (χ0n) is 9.97. The molecular weight excluding hydrogens is 226 g/mol. The van der Waals surface area contributed by atoms with E-state index in [1.165, 1.54) is 18.7 Å². The Morgan fingerprint density at radius 1 is 1.35 bits per heavy atom. The van der Waals surface area contributed by atoms with Crippen LogP contribution in [0.25, 0.3) is 0 Å². The van der Waals surface area contributed by atoms with Gasteiger partial charge in [0.25, 0.3) is 0 Å². The number of aliphatic hydroxyl groups excluding tert-OH is 1. The first kappa shape index (κ1) is 13.7. The maximum Gasteiger partial charge on any atom is 0.331 e. The van der Waals surface area contributed by atoms with Crippen LogP contribution >= 0.6 is 0 Å². The summed E-state index contributed by atoms with van der Waals surface area (Å²) in [6.45, 7) is 3.81. The second kappa shape index (κ2) is 5.79. The van der Waals surface area contributed by atoms with Gasteiger partial charge in [0, 0.05) is 24.2 Å². The molecule has 1 unspecified atom stereocenters. The Morgan fingerprint density at radius 2 is 2.00 bits per heavy atom. The van der Waals surface area contributed by atoms with Crippen molar-refractivity contribution in [3.05, 3.63) is 11.1 Å². The van der Waals surface area contributed by atoms with Crippen molar-refractivity contribution in [3.8, 4) is 0 Å². The maximum absolute atomic E-state index is 12.0. The standard InChI is InChI=1S/C11H17NO5/c1-7(8(2)11(15)16)10(14)12-3-4-17-9(5-12)6-13/h9,13H,3-6H2,1-2H3,(H,15,16). The molecule has 0 saturated carbocycles. The molecule has 0 bridgehead atoms. The van der Waals surface area contributed by atoms with Gasteiger partial charge >= 0.3 is 5.97 Å². The predicted molar refractivity (Wildman–Crippen MR) is 59.4 cm³/mol. The van der Waals surface area contributed by atoms with Gasteiger partial charge in [-0.05, 0) is 13.8 Å². The molecule has 17 heavy (non-hydrogen) atoms. The van der Waals surface area contributed by atoms with Crippen LogP contribution in [-0.4, -0.2) is 59.4 Å². The van der Waals surface area contributed by atoms with Crippen molar-refractivity contribution in [2.75, 3.05) is 26.3 Å². The highest BCUT2D eigenvalue weighted by Crippen LogP contribution is 2.12. The average Bonchev–Trinajstić information content (AvgIpc) is 2.36. The molecule has 96 valence electrons. The van der Waals surface area contributed by atoms with E-state index >= 15 is 0 Å². The minimum absolute atomic E-state index is 0.0436. The quantitative estimate of drug-likeness (QED) is 0.660. The number of rotatable bonds is 3. The summed E-state index contributed by atoms with van der Waals surface area (Å²) in [6.07, 6.45) is -0.384. The third kappa shape index (κ3) is 3.28. The number of nitrogens with zero attached hydrogens (tertiary/aromatic N) is 1. The molecule has 1 fully saturated rings. The van der Waals surface area contributed by atoms with Crippen molar-refractivity contribution in [1.29, 1.82) is 0 Å². The van der Waals surface area contributed by atoms with Crippen molar-refractivity contribution in [3.63, 3.8) is 0 Å². The zero-order valence-corrected chi connectivity index (χ0v) is 9.97. The second-order valence-corrected chi connectivity index (χ2v) is 3.98. The average molecular weight is 243 g/mol. The van der Waals surface area contributed by atoms with Crippen LogP contribution in [0.2, 0.25) is 0 Å². The number of aliphatic carboxylic acids is 1. The number of ether oxygens (including phenoxy) is 1. The molecule has 6 heteroatoms. The van der Waals surface area contributed by atoms with Gasteiger partial charge in [0.2, 0.25) is 5.91 Å². The predicted octanol–water partition coefficient (Wildman–Crippen LogP) is -0.373. The van der Waals surface area contributed by atoms with Crippen LogP contribution in [0.4, 0.5) is 0 Å². The Kier molecular flexibility index (Phi) is 4.65. The van der Waals surface area contributed by atoms with Crippen molar-refractivity contribution in [2.45, 2.75) is 20.0 Å². The Bertz CT molecular complexity index is 350. The molecule has 1 heterocycles. The van der Waals surface area contributed by atoms with Gasteiger partial charge in [-0.25, -0.2) is 4.79 Å². The first-order valence-electron chi connectivity index (χ1n) is 5.40. The number of carboxylic acids is 1. The molecular formula is C11H17NO5. The summed E-state index contributed by atoms with van der Waals surface area (Å²) in [7, 11) is 0. The fraction of sp³-hybridized carbons (Fsp3) is 0.636. The summed E-state index contributed by atoms with van der Waals surface area (Å²) in [4.78, 5) is 24.2. The second-order valence-electron chi connectivity index (χ2n) is 3.98. The minimum atomic E-state index is -1.09. The lowest BCUT2D eigenvalue weighted by atomic mass is 10.1. The monoisotopic (exact) mass is 243 g/mol. The number of aliphatic hydroxyl groups is 1. The van der Waals surface area contributed by atoms with Crippen molar-refractivity contribution in [1.82, 2.24) is 4.90 Å². The Hall–Kier alpha value is -1.40. The highest BCUT2D eigenvalue weighted by molar-refractivity contribution is 6.01. The summed E-state index contributed by atoms with van der Waals surface area (Å²) < 4.78 is 5.22. The summed E-state index contributed by atoms with van der Waals surface area (Å²) in [5.41, 5.74) is 0.262. The van der Waals surface area contributed by atoms with Gasteiger partial charge in [-0.15, -0.1) is 0 Å². The molecule has 0 aromatic rings. The van der Waals surface area contributed by atoms with E-state index in [4.69, 9.17) is 14.9 Å². The highest BCUT2D eigenvalue weighted by atomic mass is 16.5. The molecule has 0 aromatic heterocycles. The van der Waals surface area contributed by atoms with Crippen LogP contribution in [0.5, 0.6) is 0 Å². The fourth-order valence-electron chi connectivity index (χ4n) is 1.57. The topological polar surface area (TPSA) is 87.1 Å². The van der Waals surface area contributed by atoms with Gasteiger partial charge in [-0.1, -0.05) is 0 Å². The van der Waals surface area contributed by atoms with E-state index in [9.17, 15) is 9.59 Å². The SMILES string of the molecule is CC(C(=O)O)=C(C)C(=O)N1CCOC(CO)C1. The number of carbonyl (C=O) groups excluding carboxylic acids is 1. The summed E-state index contributed by atoms with van der Waals surface area (Å²) in [6, 6.07) is 0. The highest BCUT2D eigenvalue weighted by Gasteiger charge is 2.25. The van der Waals surface area contributed by atoms with Gasteiger partial charge < -0.3 is 19.8 Å². The number of morpholine rings is 1. The van der Waals surface area contributed by atoms with E-state index in [1.807, 2.05) is 0 Å². The van der Waals surface area contributed by atoms with Crippen LogP contribution in [0.1, 0.15) is 13.8 Å².